The highest BCUT2D eigenvalue weighted by molar-refractivity contribution is 7.90. The van der Waals surface area contributed by atoms with E-state index in [0.717, 1.165) is 41.5 Å². The van der Waals surface area contributed by atoms with Gasteiger partial charge in [0.1, 0.15) is 22.4 Å². The SMILES string of the molecule is O=C1C=CC(S(=O)(=O)O)=CC1=N/N=c1\ccc(=O)/c(=N\Nc2ccc(-c3ccc(NNc4ccc(O)c(C(=O)O)c4)cc3)cc2)c1=O. The molecular weight excluding hydrogens is 632 g/mol. The van der Waals surface area contributed by atoms with Crippen LogP contribution in [-0.2, 0) is 14.9 Å². The summed E-state index contributed by atoms with van der Waals surface area (Å²) in [6.45, 7) is 0. The molecule has 0 saturated carbocycles. The molecule has 0 atom stereocenters. The minimum atomic E-state index is -4.61. The van der Waals surface area contributed by atoms with Crippen molar-refractivity contribution >= 4 is 44.6 Å². The van der Waals surface area contributed by atoms with E-state index in [1.165, 1.54) is 18.2 Å². The molecule has 0 saturated heterocycles. The molecule has 16 heteroatoms. The van der Waals surface area contributed by atoms with Crippen LogP contribution in [-0.4, -0.2) is 40.6 Å². The Kier molecular flexibility index (Phi) is 8.97. The summed E-state index contributed by atoms with van der Waals surface area (Å²) in [5.41, 5.74) is 9.47. The summed E-state index contributed by atoms with van der Waals surface area (Å²) in [5, 5.41) is 29.2. The topological polar surface area (TPSA) is 236 Å². The van der Waals surface area contributed by atoms with Gasteiger partial charge in [-0.15, -0.1) is 10.2 Å². The van der Waals surface area contributed by atoms with Gasteiger partial charge in [-0.1, -0.05) is 24.3 Å². The summed E-state index contributed by atoms with van der Waals surface area (Å²) < 4.78 is 31.9. The molecule has 47 heavy (non-hydrogen) atoms. The molecule has 0 aliphatic heterocycles. The van der Waals surface area contributed by atoms with Crippen LogP contribution < -0.4 is 37.8 Å². The maximum Gasteiger partial charge on any atom is 0.339 e. The van der Waals surface area contributed by atoms with Crippen molar-refractivity contribution in [2.24, 2.45) is 15.3 Å². The molecule has 1 aliphatic rings. The zero-order chi connectivity index (χ0) is 33.7. The number of aromatic carboxylic acids is 1. The van der Waals surface area contributed by atoms with Gasteiger partial charge in [0.25, 0.3) is 10.1 Å². The van der Waals surface area contributed by atoms with Crippen molar-refractivity contribution in [2.45, 2.75) is 0 Å². The van der Waals surface area contributed by atoms with Crippen molar-refractivity contribution in [2.75, 3.05) is 16.3 Å². The largest absolute Gasteiger partial charge is 0.507 e. The van der Waals surface area contributed by atoms with Crippen molar-refractivity contribution in [1.29, 1.82) is 0 Å². The van der Waals surface area contributed by atoms with Crippen molar-refractivity contribution < 1.29 is 32.8 Å². The predicted molar refractivity (Wildman–Crippen MR) is 172 cm³/mol. The van der Waals surface area contributed by atoms with Crippen LogP contribution in [0.4, 0.5) is 17.1 Å². The van der Waals surface area contributed by atoms with Gasteiger partial charge in [0.2, 0.25) is 16.6 Å². The lowest BCUT2D eigenvalue weighted by atomic mass is 10.1. The molecule has 4 aromatic rings. The van der Waals surface area contributed by atoms with E-state index in [0.29, 0.717) is 17.1 Å². The first-order valence-corrected chi connectivity index (χ1v) is 14.8. The summed E-state index contributed by atoms with van der Waals surface area (Å²) in [6.07, 6.45) is 2.57. The molecule has 4 aromatic carbocycles. The van der Waals surface area contributed by atoms with Crippen LogP contribution in [0.5, 0.6) is 5.75 Å². The van der Waals surface area contributed by atoms with Crippen molar-refractivity contribution in [3.8, 4) is 16.9 Å². The van der Waals surface area contributed by atoms with Gasteiger partial charge in [-0.05, 0) is 84.0 Å². The summed E-state index contributed by atoms with van der Waals surface area (Å²) in [5.74, 6) is -2.31. The second-order valence-electron chi connectivity index (χ2n) is 9.73. The monoisotopic (exact) mass is 654 g/mol. The van der Waals surface area contributed by atoms with E-state index >= 15 is 0 Å². The number of nitrogens with zero attached hydrogens (tertiary/aromatic N) is 3. The molecule has 15 nitrogen and oxygen atoms in total. The molecule has 0 aromatic heterocycles. The number of carboxylic acids is 1. The fourth-order valence-corrected chi connectivity index (χ4v) is 4.60. The molecule has 0 unspecified atom stereocenters. The Morgan fingerprint density at radius 2 is 1.36 bits per heavy atom. The predicted octanol–water partition coefficient (Wildman–Crippen LogP) is 1.89. The lowest BCUT2D eigenvalue weighted by Crippen LogP contribution is -2.47. The number of allylic oxidation sites excluding steroid dienone is 3. The Bertz CT molecular complexity index is 2340. The quantitative estimate of drug-likeness (QED) is 0.0657. The number of nitrogens with one attached hydrogen (secondary N) is 3. The van der Waals surface area contributed by atoms with Gasteiger partial charge in [0.05, 0.1) is 22.0 Å². The van der Waals surface area contributed by atoms with E-state index in [-0.39, 0.29) is 16.7 Å². The molecule has 0 amide bonds. The van der Waals surface area contributed by atoms with Crippen LogP contribution in [0.2, 0.25) is 0 Å². The summed E-state index contributed by atoms with van der Waals surface area (Å²) in [4.78, 5) is 47.8. The van der Waals surface area contributed by atoms with E-state index in [9.17, 15) is 37.3 Å². The standard InChI is InChI=1S/C31H22N6O9S/c38-26-12-9-21(15-23(26)31(42)43)34-32-19-5-1-17(2-6-19)18-3-7-20(8-4-18)33-37-29-28(40)14-11-24(30(29)41)35-36-25-16-22(47(44,45)46)10-13-27(25)39/h1-16,32-34,38H,(H,42,43)(H,44,45,46)/b35-24+,36-25?,37-29+. The number of aromatic hydroxyl groups is 1. The van der Waals surface area contributed by atoms with Crippen LogP contribution in [0.25, 0.3) is 11.1 Å². The summed E-state index contributed by atoms with van der Waals surface area (Å²) in [7, 11) is -4.61. The molecule has 0 spiro atoms. The smallest absolute Gasteiger partial charge is 0.339 e. The minimum Gasteiger partial charge on any atom is -0.507 e. The third-order valence-corrected chi connectivity index (χ3v) is 7.40. The van der Waals surface area contributed by atoms with Crippen molar-refractivity contribution in [3.05, 3.63) is 139 Å². The molecule has 1 aliphatic carbocycles. The Balaban J connectivity index is 1.28. The first-order valence-electron chi connectivity index (χ1n) is 13.4. The van der Waals surface area contributed by atoms with E-state index in [1.807, 2.05) is 12.1 Å². The Labute approximate surface area is 264 Å². The van der Waals surface area contributed by atoms with E-state index in [1.54, 1.807) is 36.4 Å². The van der Waals surface area contributed by atoms with Crippen LogP contribution >= 0.6 is 0 Å². The summed E-state index contributed by atoms with van der Waals surface area (Å²) in [6, 6.07) is 20.4. The number of ketones is 1. The summed E-state index contributed by atoms with van der Waals surface area (Å²) >= 11 is 0. The minimum absolute atomic E-state index is 0.236. The molecule has 0 fully saturated rings. The number of rotatable bonds is 9. The normalized spacial score (nSPS) is 14.6. The van der Waals surface area contributed by atoms with Gasteiger partial charge in [-0.25, -0.2) is 4.79 Å². The molecule has 236 valence electrons. The van der Waals surface area contributed by atoms with Crippen LogP contribution in [0.1, 0.15) is 10.4 Å². The molecular formula is C31H22N6O9S. The number of phenols is 1. The first-order chi connectivity index (χ1) is 22.4. The highest BCUT2D eigenvalue weighted by Crippen LogP contribution is 2.24. The van der Waals surface area contributed by atoms with E-state index in [2.05, 4.69) is 31.6 Å². The van der Waals surface area contributed by atoms with Gasteiger partial charge in [-0.2, -0.15) is 13.5 Å². The van der Waals surface area contributed by atoms with E-state index < -0.39 is 48.7 Å². The average molecular weight is 655 g/mol. The molecule has 0 bridgehead atoms. The zero-order valence-electron chi connectivity index (χ0n) is 23.8. The Morgan fingerprint density at radius 3 is 2.00 bits per heavy atom. The van der Waals surface area contributed by atoms with Crippen LogP contribution in [0.3, 0.4) is 0 Å². The average Bonchev–Trinajstić information content (AvgIpc) is 3.04. The highest BCUT2D eigenvalue weighted by Gasteiger charge is 2.19. The number of carboxylic acid groups (broad SMARTS) is 1. The third kappa shape index (κ3) is 7.59. The Hall–Kier alpha value is -6.52. The Morgan fingerprint density at radius 1 is 0.745 bits per heavy atom. The number of benzene rings is 4. The number of hydrazine groups is 1. The van der Waals surface area contributed by atoms with Gasteiger partial charge >= 0.3 is 5.97 Å². The number of hydrogen-bond acceptors (Lipinski definition) is 13. The maximum atomic E-state index is 12.8. The highest BCUT2D eigenvalue weighted by atomic mass is 32.2. The maximum absolute atomic E-state index is 12.8. The third-order valence-electron chi connectivity index (χ3n) is 6.55. The van der Waals surface area contributed by atoms with Gasteiger partial charge < -0.3 is 21.1 Å². The number of hydrogen-bond donors (Lipinski definition) is 6. The molecule has 6 N–H and O–H groups in total. The van der Waals surface area contributed by atoms with Crippen LogP contribution in [0.15, 0.2) is 127 Å². The second kappa shape index (κ2) is 13.2. The van der Waals surface area contributed by atoms with Gasteiger partial charge in [-0.3, -0.25) is 24.4 Å². The fraction of sp³-hybridized carbons (Fsp3) is 0. The molecule has 5 rings (SSSR count). The zero-order valence-corrected chi connectivity index (χ0v) is 24.6. The van der Waals surface area contributed by atoms with Gasteiger partial charge in [0.15, 0.2) is 5.36 Å². The fourth-order valence-electron chi connectivity index (χ4n) is 4.10. The number of carbonyl (C=O) groups is 2. The first kappa shape index (κ1) is 31.9. The number of anilines is 3. The van der Waals surface area contributed by atoms with Crippen molar-refractivity contribution in [1.82, 2.24) is 0 Å². The molecule has 0 radical (unpaired) electrons. The van der Waals surface area contributed by atoms with Crippen LogP contribution in [0, 0.1) is 0 Å². The lowest BCUT2D eigenvalue weighted by Gasteiger charge is -2.12. The van der Waals surface area contributed by atoms with E-state index in [4.69, 9.17) is 5.11 Å². The lowest BCUT2D eigenvalue weighted by molar-refractivity contribution is -0.108. The molecule has 0 heterocycles. The second-order valence-corrected chi connectivity index (χ2v) is 11.2. The number of carbonyl (C=O) groups excluding carboxylic acids is 1. The van der Waals surface area contributed by atoms with Gasteiger partial charge in [0, 0.05) is 0 Å². The van der Waals surface area contributed by atoms with Crippen molar-refractivity contribution in [3.63, 3.8) is 0 Å².